The lowest BCUT2D eigenvalue weighted by Gasteiger charge is -2.19. The fraction of sp³-hybridized carbons (Fsp3) is 0.0270. The second-order valence-corrected chi connectivity index (χ2v) is 10.3. The Morgan fingerprint density at radius 2 is 1.09 bits per heavy atom. The van der Waals surface area contributed by atoms with Crippen LogP contribution in [0.3, 0.4) is 0 Å². The maximum absolute atomic E-state index is 15.8. The van der Waals surface area contributed by atoms with Crippen molar-refractivity contribution < 1.29 is 13.2 Å². The molecule has 0 aliphatic heterocycles. The van der Waals surface area contributed by atoms with Crippen LogP contribution in [0, 0.1) is 78.1 Å². The first-order valence-electron chi connectivity index (χ1n) is 13.4. The minimum atomic E-state index is -1.04. The van der Waals surface area contributed by atoms with Crippen LogP contribution in [0.4, 0.5) is 18.9 Å². The predicted molar refractivity (Wildman–Crippen MR) is 164 cm³/mol. The Hall–Kier alpha value is -7.17. The first-order valence-corrected chi connectivity index (χ1v) is 13.4. The third-order valence-corrected chi connectivity index (χ3v) is 7.94. The Bertz CT molecular complexity index is 2220. The lowest BCUT2D eigenvalue weighted by Crippen LogP contribution is -2.01. The summed E-state index contributed by atoms with van der Waals surface area (Å²) in [4.78, 5) is 10.2. The van der Waals surface area contributed by atoms with Gasteiger partial charge >= 0.3 is 0 Å². The molecule has 0 spiro atoms. The van der Waals surface area contributed by atoms with Crippen LogP contribution in [-0.4, -0.2) is 0 Å². The highest BCUT2D eigenvalue weighted by Crippen LogP contribution is 2.62. The van der Waals surface area contributed by atoms with E-state index in [2.05, 4.69) is 14.5 Å². The van der Waals surface area contributed by atoms with E-state index in [4.69, 9.17) is 19.7 Å². The Labute approximate surface area is 261 Å². The molecule has 0 atom stereocenters. The zero-order valence-electron chi connectivity index (χ0n) is 23.6. The molecule has 0 amide bonds. The molecule has 0 bridgehead atoms. The number of aryl methyl sites for hydroxylation is 1. The smallest absolute Gasteiger partial charge is 0.238 e. The van der Waals surface area contributed by atoms with Crippen LogP contribution >= 0.6 is 0 Å². The van der Waals surface area contributed by atoms with Gasteiger partial charge in [0.05, 0.1) is 49.1 Å². The van der Waals surface area contributed by atoms with Crippen LogP contribution < -0.4 is 0 Å². The SMILES string of the molecule is [C-]#[N+]/C(C#N)=C1C2=C(/C(=C(\C#N)[N+]#[C-])c3cccc(-c4c(F)cc(C#N)cc4F)c32)c2c\1cccc2-c1c(C)cc([N+]#[C-])cc1F. The van der Waals surface area contributed by atoms with E-state index in [9.17, 15) is 15.8 Å². The molecular formula is C37H13F3N6. The molecule has 4 aromatic rings. The number of hydrogen-bond acceptors (Lipinski definition) is 3. The van der Waals surface area contributed by atoms with Crippen molar-refractivity contribution in [2.24, 2.45) is 0 Å². The topological polar surface area (TPSA) is 84.5 Å². The van der Waals surface area contributed by atoms with Crippen LogP contribution in [0.15, 0.2) is 72.1 Å². The summed E-state index contributed by atoms with van der Waals surface area (Å²) in [6.07, 6.45) is 0. The quantitative estimate of drug-likeness (QED) is 0.170. The molecule has 4 aromatic carbocycles. The number of hydrogen-bond donors (Lipinski definition) is 0. The zero-order valence-corrected chi connectivity index (χ0v) is 23.6. The van der Waals surface area contributed by atoms with Gasteiger partial charge in [0.15, 0.2) is 5.69 Å². The molecule has 6 nitrogen and oxygen atoms in total. The molecule has 0 radical (unpaired) electrons. The standard InChI is InChI=1S/C37H13F3N6/c1-18-11-20(44-2)14-27(40)30(18)21-7-5-9-23-31(21)36-35(29(17-43)46-4)24-10-6-8-22(32(24)37(36)34(23)28(16-42)45-3)33-25(38)12-19(15-41)13-26(33)39/h5-14H,1H3/b34-28-,35-29+. The molecule has 46 heavy (non-hydrogen) atoms. The highest BCUT2D eigenvalue weighted by Gasteiger charge is 2.42. The van der Waals surface area contributed by atoms with E-state index >= 15 is 13.2 Å². The lowest BCUT2D eigenvalue weighted by atomic mass is 9.84. The number of allylic oxidation sites excluding steroid dienone is 6. The molecule has 0 saturated carbocycles. The molecular weight excluding hydrogens is 585 g/mol. The summed E-state index contributed by atoms with van der Waals surface area (Å²) in [5, 5.41) is 29.5. The molecule has 0 fully saturated rings. The first kappa shape index (κ1) is 28.9. The second-order valence-electron chi connectivity index (χ2n) is 10.3. The average Bonchev–Trinajstić information content (AvgIpc) is 3.55. The third kappa shape index (κ3) is 3.99. The van der Waals surface area contributed by atoms with Crippen molar-refractivity contribution >= 4 is 28.0 Å². The number of nitrogens with zero attached hydrogens (tertiary/aromatic N) is 6. The molecule has 2 aliphatic rings. The number of benzene rings is 4. The summed E-state index contributed by atoms with van der Waals surface area (Å²) >= 11 is 0. The van der Waals surface area contributed by atoms with Crippen molar-refractivity contribution in [2.45, 2.75) is 6.92 Å². The summed E-state index contributed by atoms with van der Waals surface area (Å²) in [6.45, 7) is 24.6. The first-order chi connectivity index (χ1) is 22.2. The van der Waals surface area contributed by atoms with Crippen LogP contribution in [0.1, 0.15) is 33.4 Å². The van der Waals surface area contributed by atoms with Crippen LogP contribution in [0.5, 0.6) is 0 Å². The van der Waals surface area contributed by atoms with Gasteiger partial charge in [-0.1, -0.05) is 48.0 Å². The van der Waals surface area contributed by atoms with E-state index in [-0.39, 0.29) is 67.2 Å². The lowest BCUT2D eigenvalue weighted by molar-refractivity contribution is 0.589. The fourth-order valence-corrected chi connectivity index (χ4v) is 6.29. The minimum Gasteiger partial charge on any atom is -0.238 e. The van der Waals surface area contributed by atoms with E-state index in [1.165, 1.54) is 18.2 Å². The normalized spacial score (nSPS) is 14.4. The maximum Gasteiger partial charge on any atom is 0.270 e. The fourth-order valence-electron chi connectivity index (χ4n) is 6.29. The molecule has 6 rings (SSSR count). The summed E-state index contributed by atoms with van der Waals surface area (Å²) < 4.78 is 46.9. The highest BCUT2D eigenvalue weighted by atomic mass is 19.1. The maximum atomic E-state index is 15.8. The number of fused-ring (bicyclic) bond motifs is 4. The summed E-state index contributed by atoms with van der Waals surface area (Å²) in [6, 6.07) is 19.2. The molecule has 0 N–H and O–H groups in total. The van der Waals surface area contributed by atoms with E-state index in [1.54, 1.807) is 37.3 Å². The number of nitriles is 3. The van der Waals surface area contributed by atoms with Gasteiger partial charge in [0.2, 0.25) is 0 Å². The van der Waals surface area contributed by atoms with E-state index in [0.717, 1.165) is 18.2 Å². The van der Waals surface area contributed by atoms with Gasteiger partial charge in [-0.05, 0) is 69.6 Å². The molecule has 0 saturated heterocycles. The third-order valence-electron chi connectivity index (χ3n) is 7.94. The van der Waals surface area contributed by atoms with Crippen molar-refractivity contribution in [3.63, 3.8) is 0 Å². The monoisotopic (exact) mass is 598 g/mol. The molecule has 0 unspecified atom stereocenters. The summed E-state index contributed by atoms with van der Waals surface area (Å²) in [5.74, 6) is -2.79. The van der Waals surface area contributed by atoms with Crippen molar-refractivity contribution in [1.29, 1.82) is 15.8 Å². The van der Waals surface area contributed by atoms with Crippen molar-refractivity contribution in [3.05, 3.63) is 157 Å². The number of rotatable bonds is 2. The average molecular weight is 599 g/mol. The van der Waals surface area contributed by atoms with Gasteiger partial charge in [0, 0.05) is 16.7 Å². The Balaban J connectivity index is 1.85. The van der Waals surface area contributed by atoms with Crippen molar-refractivity contribution in [3.8, 4) is 40.5 Å². The van der Waals surface area contributed by atoms with Crippen LogP contribution in [-0.2, 0) is 0 Å². The van der Waals surface area contributed by atoms with Gasteiger partial charge in [-0.25, -0.2) is 38.2 Å². The minimum absolute atomic E-state index is 0.000317. The molecule has 0 aromatic heterocycles. The Kier molecular flexibility index (Phi) is 6.81. The summed E-state index contributed by atoms with van der Waals surface area (Å²) in [5.41, 5.74) is 1.13. The van der Waals surface area contributed by atoms with Crippen LogP contribution in [0.2, 0.25) is 0 Å². The molecule has 212 valence electrons. The van der Waals surface area contributed by atoms with E-state index in [0.29, 0.717) is 22.3 Å². The van der Waals surface area contributed by atoms with Gasteiger partial charge in [-0.3, -0.25) is 0 Å². The van der Waals surface area contributed by atoms with Gasteiger partial charge in [0.1, 0.15) is 17.5 Å². The second kappa shape index (κ2) is 10.8. The van der Waals surface area contributed by atoms with Gasteiger partial charge in [-0.2, -0.15) is 5.26 Å². The van der Waals surface area contributed by atoms with Crippen molar-refractivity contribution in [2.75, 3.05) is 0 Å². The van der Waals surface area contributed by atoms with Gasteiger partial charge in [0.25, 0.3) is 11.4 Å². The van der Waals surface area contributed by atoms with Crippen LogP contribution in [0.25, 0.3) is 59.1 Å². The van der Waals surface area contributed by atoms with E-state index in [1.807, 2.05) is 12.1 Å². The van der Waals surface area contributed by atoms with Crippen molar-refractivity contribution in [1.82, 2.24) is 0 Å². The predicted octanol–water partition coefficient (Wildman–Crippen LogP) is 9.41. The molecule has 2 aliphatic carbocycles. The van der Waals surface area contributed by atoms with E-state index < -0.39 is 23.0 Å². The Morgan fingerprint density at radius 1 is 0.630 bits per heavy atom. The molecule has 9 heteroatoms. The van der Waals surface area contributed by atoms with Gasteiger partial charge in [-0.15, -0.1) is 0 Å². The molecule has 0 heterocycles. The zero-order chi connectivity index (χ0) is 32.9. The largest absolute Gasteiger partial charge is 0.270 e. The number of halogens is 3. The Morgan fingerprint density at radius 3 is 1.50 bits per heavy atom. The van der Waals surface area contributed by atoms with Gasteiger partial charge < -0.3 is 0 Å². The highest BCUT2D eigenvalue weighted by molar-refractivity contribution is 6.39. The summed E-state index contributed by atoms with van der Waals surface area (Å²) in [7, 11) is 0.